The average molecular weight is 413 g/mol. The summed E-state index contributed by atoms with van der Waals surface area (Å²) in [6.45, 7) is 3.25. The number of hydrogen-bond acceptors (Lipinski definition) is 5. The molecule has 154 valence electrons. The molecule has 3 aromatic carbocycles. The van der Waals surface area contributed by atoms with E-state index in [9.17, 15) is 19.2 Å². The third-order valence-electron chi connectivity index (χ3n) is 5.21. The number of ketones is 2. The molecule has 0 saturated carbocycles. The minimum atomic E-state index is -1.05. The Hall–Kier alpha value is -4.06. The van der Waals surface area contributed by atoms with Crippen LogP contribution in [0, 0.1) is 6.92 Å². The normalized spacial score (nSPS) is 13.1. The van der Waals surface area contributed by atoms with Gasteiger partial charge in [0.05, 0.1) is 5.56 Å². The van der Waals surface area contributed by atoms with E-state index in [1.807, 2.05) is 6.07 Å². The Labute approximate surface area is 178 Å². The Morgan fingerprint density at radius 1 is 0.806 bits per heavy atom. The predicted molar refractivity (Wildman–Crippen MR) is 114 cm³/mol. The van der Waals surface area contributed by atoms with E-state index < -0.39 is 18.0 Å². The van der Waals surface area contributed by atoms with Crippen LogP contribution in [0.5, 0.6) is 0 Å². The number of aryl methyl sites for hydroxylation is 1. The Morgan fingerprint density at radius 2 is 1.39 bits per heavy atom. The van der Waals surface area contributed by atoms with Crippen LogP contribution in [0.25, 0.3) is 0 Å². The second-order valence-corrected chi connectivity index (χ2v) is 7.32. The van der Waals surface area contributed by atoms with Gasteiger partial charge in [-0.25, -0.2) is 4.79 Å². The number of nitrogens with one attached hydrogen (secondary N) is 1. The van der Waals surface area contributed by atoms with Gasteiger partial charge in [-0.3, -0.25) is 14.4 Å². The Balaban J connectivity index is 1.51. The summed E-state index contributed by atoms with van der Waals surface area (Å²) in [4.78, 5) is 50.4. The van der Waals surface area contributed by atoms with Crippen LogP contribution >= 0.6 is 0 Å². The number of hydrogen-bond donors (Lipinski definition) is 1. The molecule has 4 rings (SSSR count). The van der Waals surface area contributed by atoms with Crippen molar-refractivity contribution in [1.29, 1.82) is 0 Å². The first kappa shape index (κ1) is 20.2. The number of ether oxygens (including phenoxy) is 1. The average Bonchev–Trinajstić information content (AvgIpc) is 2.77. The van der Waals surface area contributed by atoms with Crippen LogP contribution in [0.1, 0.15) is 54.7 Å². The maximum Gasteiger partial charge on any atom is 0.339 e. The van der Waals surface area contributed by atoms with E-state index >= 15 is 0 Å². The second kappa shape index (κ2) is 7.99. The molecule has 0 spiro atoms. The van der Waals surface area contributed by atoms with Crippen molar-refractivity contribution >= 4 is 29.1 Å². The van der Waals surface area contributed by atoms with E-state index in [0.717, 1.165) is 5.56 Å². The van der Waals surface area contributed by atoms with Gasteiger partial charge in [0.15, 0.2) is 17.7 Å². The van der Waals surface area contributed by atoms with Crippen molar-refractivity contribution in [3.05, 3.63) is 100 Å². The molecule has 1 aliphatic rings. The van der Waals surface area contributed by atoms with Crippen molar-refractivity contribution in [2.24, 2.45) is 0 Å². The SMILES string of the molecule is Cc1ccccc1C(=O)O[C@@H](C)C(=O)Nc1ccc2c(c1)C(=O)c1ccccc1C2=O. The number of anilines is 1. The minimum Gasteiger partial charge on any atom is -0.449 e. The van der Waals surface area contributed by atoms with Gasteiger partial charge in [-0.15, -0.1) is 0 Å². The van der Waals surface area contributed by atoms with Gasteiger partial charge < -0.3 is 10.1 Å². The van der Waals surface area contributed by atoms with Crippen molar-refractivity contribution < 1.29 is 23.9 Å². The number of carbonyl (C=O) groups excluding carboxylic acids is 4. The number of amides is 1. The van der Waals surface area contributed by atoms with Gasteiger partial charge in [-0.05, 0) is 43.7 Å². The first-order chi connectivity index (χ1) is 14.9. The molecule has 1 N–H and O–H groups in total. The summed E-state index contributed by atoms with van der Waals surface area (Å²) in [5.41, 5.74) is 2.70. The van der Waals surface area contributed by atoms with Gasteiger partial charge in [-0.1, -0.05) is 42.5 Å². The molecule has 0 heterocycles. The predicted octanol–water partition coefficient (Wildman–Crippen LogP) is 3.95. The van der Waals surface area contributed by atoms with Crippen LogP contribution in [0.3, 0.4) is 0 Å². The molecule has 0 aliphatic heterocycles. The topological polar surface area (TPSA) is 89.5 Å². The van der Waals surface area contributed by atoms with Gasteiger partial charge in [0, 0.05) is 27.9 Å². The fourth-order valence-corrected chi connectivity index (χ4v) is 3.50. The van der Waals surface area contributed by atoms with Crippen LogP contribution < -0.4 is 5.32 Å². The quantitative estimate of drug-likeness (QED) is 0.512. The minimum absolute atomic E-state index is 0.228. The van der Waals surface area contributed by atoms with E-state index in [1.54, 1.807) is 55.5 Å². The molecule has 6 heteroatoms. The van der Waals surface area contributed by atoms with E-state index in [2.05, 4.69) is 5.32 Å². The maximum absolute atomic E-state index is 12.8. The Morgan fingerprint density at radius 3 is 2.06 bits per heavy atom. The number of fused-ring (bicyclic) bond motifs is 2. The van der Waals surface area contributed by atoms with E-state index in [0.29, 0.717) is 27.9 Å². The second-order valence-electron chi connectivity index (χ2n) is 7.32. The lowest BCUT2D eigenvalue weighted by Crippen LogP contribution is -2.30. The highest BCUT2D eigenvalue weighted by atomic mass is 16.5. The van der Waals surface area contributed by atoms with Gasteiger partial charge in [0.1, 0.15) is 0 Å². The number of rotatable bonds is 4. The third kappa shape index (κ3) is 3.75. The molecule has 0 unspecified atom stereocenters. The van der Waals surface area contributed by atoms with Crippen LogP contribution in [-0.4, -0.2) is 29.5 Å². The van der Waals surface area contributed by atoms with Crippen molar-refractivity contribution in [1.82, 2.24) is 0 Å². The lowest BCUT2D eigenvalue weighted by molar-refractivity contribution is -0.123. The van der Waals surface area contributed by atoms with Crippen LogP contribution in [0.4, 0.5) is 5.69 Å². The summed E-state index contributed by atoms with van der Waals surface area (Å²) in [6, 6.07) is 18.1. The summed E-state index contributed by atoms with van der Waals surface area (Å²) >= 11 is 0. The standard InChI is InChI=1S/C25H19NO5/c1-14-7-3-4-8-17(14)25(30)31-15(2)24(29)26-16-11-12-20-21(13-16)23(28)19-10-6-5-9-18(19)22(20)27/h3-13,15H,1-2H3,(H,26,29)/t15-/m0/s1. The van der Waals surface area contributed by atoms with Gasteiger partial charge >= 0.3 is 5.97 Å². The number of carbonyl (C=O) groups is 4. The van der Waals surface area contributed by atoms with Crippen molar-refractivity contribution in [2.75, 3.05) is 5.32 Å². The molecular formula is C25H19NO5. The first-order valence-electron chi connectivity index (χ1n) is 9.77. The van der Waals surface area contributed by atoms with Gasteiger partial charge in [0.25, 0.3) is 5.91 Å². The summed E-state index contributed by atoms with van der Waals surface area (Å²) < 4.78 is 5.28. The highest BCUT2D eigenvalue weighted by molar-refractivity contribution is 6.28. The largest absolute Gasteiger partial charge is 0.449 e. The smallest absolute Gasteiger partial charge is 0.339 e. The summed E-state index contributed by atoms with van der Waals surface area (Å²) in [5, 5.41) is 2.64. The molecule has 0 radical (unpaired) electrons. The van der Waals surface area contributed by atoms with E-state index in [1.165, 1.54) is 19.1 Å². The van der Waals surface area contributed by atoms with Crippen LogP contribution in [0.15, 0.2) is 66.7 Å². The summed E-state index contributed by atoms with van der Waals surface area (Å²) in [5.74, 6) is -1.65. The van der Waals surface area contributed by atoms with Crippen molar-refractivity contribution in [2.45, 2.75) is 20.0 Å². The zero-order chi connectivity index (χ0) is 22.1. The van der Waals surface area contributed by atoms with E-state index in [4.69, 9.17) is 4.74 Å². The number of benzene rings is 3. The molecule has 0 bridgehead atoms. The molecule has 0 aromatic heterocycles. The maximum atomic E-state index is 12.8. The lowest BCUT2D eigenvalue weighted by atomic mass is 9.84. The molecule has 0 fully saturated rings. The van der Waals surface area contributed by atoms with Crippen molar-refractivity contribution in [3.8, 4) is 0 Å². The van der Waals surface area contributed by atoms with Gasteiger partial charge in [0.2, 0.25) is 0 Å². The molecule has 1 atom stereocenters. The molecule has 31 heavy (non-hydrogen) atoms. The Bertz CT molecular complexity index is 1240. The molecular weight excluding hydrogens is 394 g/mol. The zero-order valence-corrected chi connectivity index (χ0v) is 17.0. The molecule has 1 aliphatic carbocycles. The molecule has 6 nitrogen and oxygen atoms in total. The molecule has 0 saturated heterocycles. The monoisotopic (exact) mass is 413 g/mol. The first-order valence-corrected chi connectivity index (χ1v) is 9.77. The van der Waals surface area contributed by atoms with Gasteiger partial charge in [-0.2, -0.15) is 0 Å². The molecule has 3 aromatic rings. The Kier molecular flexibility index (Phi) is 5.21. The molecule has 1 amide bonds. The van der Waals surface area contributed by atoms with Crippen molar-refractivity contribution in [3.63, 3.8) is 0 Å². The number of esters is 1. The summed E-state index contributed by atoms with van der Waals surface area (Å²) in [6.07, 6.45) is -1.05. The third-order valence-corrected chi connectivity index (χ3v) is 5.21. The van der Waals surface area contributed by atoms with E-state index in [-0.39, 0.29) is 17.1 Å². The fraction of sp³-hybridized carbons (Fsp3) is 0.120. The zero-order valence-electron chi connectivity index (χ0n) is 17.0. The highest BCUT2D eigenvalue weighted by Gasteiger charge is 2.29. The highest BCUT2D eigenvalue weighted by Crippen LogP contribution is 2.29. The van der Waals surface area contributed by atoms with Crippen LogP contribution in [-0.2, 0) is 9.53 Å². The lowest BCUT2D eigenvalue weighted by Gasteiger charge is -2.19. The van der Waals surface area contributed by atoms with Crippen LogP contribution in [0.2, 0.25) is 0 Å². The summed E-state index contributed by atoms with van der Waals surface area (Å²) in [7, 11) is 0. The fourth-order valence-electron chi connectivity index (χ4n) is 3.50.